The molecule has 160 valence electrons. The smallest absolute Gasteiger partial charge is 0.295 e. The summed E-state index contributed by atoms with van der Waals surface area (Å²) in [6, 6.07) is 6.01. The number of fused-ring (bicyclic) bond motifs is 2. The Morgan fingerprint density at radius 1 is 0.871 bits per heavy atom. The Balaban J connectivity index is 2.07. The van der Waals surface area contributed by atoms with Gasteiger partial charge in [0.15, 0.2) is 0 Å². The minimum atomic E-state index is -4.96. The summed E-state index contributed by atoms with van der Waals surface area (Å²) in [5, 5.41) is 1.80. The Bertz CT molecular complexity index is 1620. The summed E-state index contributed by atoms with van der Waals surface area (Å²) in [6.45, 7) is 0. The van der Waals surface area contributed by atoms with Crippen LogP contribution in [-0.2, 0) is 20.2 Å². The molecule has 14 heteroatoms. The van der Waals surface area contributed by atoms with Crippen LogP contribution in [0.25, 0.3) is 16.5 Å². The van der Waals surface area contributed by atoms with Gasteiger partial charge in [-0.15, -0.1) is 0 Å². The summed E-state index contributed by atoms with van der Waals surface area (Å²) in [4.78, 5) is 34.7. The van der Waals surface area contributed by atoms with Crippen LogP contribution in [0.4, 0.5) is 5.82 Å². The summed E-state index contributed by atoms with van der Waals surface area (Å²) < 4.78 is 66.2. The standard InChI is InChI=1S/C17H11N3O9S2/c18-15-14-11(16(22)19-17(14)23)6-13(21)20(15)8-2-1-7-3-9(30(24,25)26)5-12(10(7)4-8)31(27,28)29/h1-6H,18H2,(H,19,22,23)(H,24,25,26)(H,27,28,29). The second-order valence-electron chi connectivity index (χ2n) is 6.55. The van der Waals surface area contributed by atoms with E-state index in [1.165, 1.54) is 12.1 Å². The molecule has 5 N–H and O–H groups in total. The Morgan fingerprint density at radius 3 is 2.16 bits per heavy atom. The lowest BCUT2D eigenvalue weighted by molar-refractivity contribution is 0.0879. The highest BCUT2D eigenvalue weighted by Gasteiger charge is 2.32. The zero-order valence-corrected chi connectivity index (χ0v) is 16.7. The normalized spacial score (nSPS) is 14.0. The molecule has 0 fully saturated rings. The van der Waals surface area contributed by atoms with Crippen LogP contribution in [0.1, 0.15) is 20.7 Å². The third kappa shape index (κ3) is 3.27. The van der Waals surface area contributed by atoms with E-state index in [0.29, 0.717) is 6.07 Å². The highest BCUT2D eigenvalue weighted by molar-refractivity contribution is 7.86. The molecule has 0 saturated carbocycles. The highest BCUT2D eigenvalue weighted by atomic mass is 32.2. The summed E-state index contributed by atoms with van der Waals surface area (Å²) in [5.41, 5.74) is 4.66. The van der Waals surface area contributed by atoms with Gasteiger partial charge < -0.3 is 5.73 Å². The molecule has 12 nitrogen and oxygen atoms in total. The SMILES string of the molecule is Nc1c2c(cc(=O)n1-c1ccc3cc(S(=O)(=O)O)cc(S(=O)(=O)O)c3c1)C(=O)NC2=O. The van der Waals surface area contributed by atoms with Crippen molar-refractivity contribution in [3.8, 4) is 5.69 Å². The van der Waals surface area contributed by atoms with Crippen LogP contribution in [0.15, 0.2) is 51.0 Å². The number of pyridine rings is 1. The lowest BCUT2D eigenvalue weighted by Crippen LogP contribution is -2.24. The molecule has 4 rings (SSSR count). The van der Waals surface area contributed by atoms with Crippen molar-refractivity contribution < 1.29 is 35.5 Å². The van der Waals surface area contributed by atoms with E-state index in [2.05, 4.69) is 0 Å². The van der Waals surface area contributed by atoms with E-state index in [9.17, 15) is 40.3 Å². The Kier molecular flexibility index (Phi) is 4.30. The van der Waals surface area contributed by atoms with E-state index in [1.54, 1.807) is 0 Å². The molecule has 0 bridgehead atoms. The van der Waals surface area contributed by atoms with Crippen molar-refractivity contribution in [1.82, 2.24) is 9.88 Å². The quantitative estimate of drug-likeness (QED) is 0.300. The first kappa shape index (κ1) is 20.7. The number of nitrogen functional groups attached to an aromatic ring is 1. The second-order valence-corrected chi connectivity index (χ2v) is 9.36. The monoisotopic (exact) mass is 465 g/mol. The van der Waals surface area contributed by atoms with Crippen LogP contribution in [-0.4, -0.2) is 42.3 Å². The van der Waals surface area contributed by atoms with Gasteiger partial charge in [-0.1, -0.05) is 6.07 Å². The number of carbonyl (C=O) groups excluding carboxylic acids is 2. The number of hydrogen-bond donors (Lipinski definition) is 4. The van der Waals surface area contributed by atoms with Crippen molar-refractivity contribution in [3.63, 3.8) is 0 Å². The van der Waals surface area contributed by atoms with Crippen molar-refractivity contribution in [1.29, 1.82) is 0 Å². The number of nitrogens with zero attached hydrogens (tertiary/aromatic N) is 1. The topological polar surface area (TPSA) is 203 Å². The number of imide groups is 1. The first-order chi connectivity index (χ1) is 14.3. The lowest BCUT2D eigenvalue weighted by Gasteiger charge is -2.14. The molecule has 2 aromatic carbocycles. The van der Waals surface area contributed by atoms with E-state index in [0.717, 1.165) is 22.8 Å². The molecule has 2 heterocycles. The second kappa shape index (κ2) is 6.45. The molecule has 1 aliphatic rings. The minimum absolute atomic E-state index is 0.00722. The average molecular weight is 465 g/mol. The van der Waals surface area contributed by atoms with E-state index in [-0.39, 0.29) is 33.4 Å². The fraction of sp³-hybridized carbons (Fsp3) is 0. The molecular weight excluding hydrogens is 454 g/mol. The van der Waals surface area contributed by atoms with Gasteiger partial charge in [-0.05, 0) is 29.7 Å². The van der Waals surface area contributed by atoms with Gasteiger partial charge in [-0.2, -0.15) is 16.8 Å². The first-order valence-corrected chi connectivity index (χ1v) is 11.1. The van der Waals surface area contributed by atoms with Gasteiger partial charge in [0, 0.05) is 11.5 Å². The number of amides is 2. The van der Waals surface area contributed by atoms with E-state index < -0.39 is 47.4 Å². The van der Waals surface area contributed by atoms with E-state index in [4.69, 9.17) is 5.73 Å². The molecule has 1 aliphatic heterocycles. The van der Waals surface area contributed by atoms with Crippen molar-refractivity contribution in [2.45, 2.75) is 9.79 Å². The molecule has 0 radical (unpaired) electrons. The highest BCUT2D eigenvalue weighted by Crippen LogP contribution is 2.30. The number of carbonyl (C=O) groups is 2. The lowest BCUT2D eigenvalue weighted by atomic mass is 10.1. The predicted octanol–water partition coefficient (Wildman–Crippen LogP) is -0.0501. The van der Waals surface area contributed by atoms with Gasteiger partial charge in [-0.3, -0.25) is 33.4 Å². The molecule has 2 amide bonds. The molecule has 0 saturated heterocycles. The average Bonchev–Trinajstić information content (AvgIpc) is 2.92. The van der Waals surface area contributed by atoms with Crippen LogP contribution in [0.3, 0.4) is 0 Å². The number of aromatic nitrogens is 1. The van der Waals surface area contributed by atoms with Crippen LogP contribution < -0.4 is 16.6 Å². The number of hydrogen-bond acceptors (Lipinski definition) is 8. The van der Waals surface area contributed by atoms with Crippen molar-refractivity contribution in [3.05, 3.63) is 57.9 Å². The Labute approximate surface area is 173 Å². The van der Waals surface area contributed by atoms with E-state index in [1.807, 2.05) is 5.32 Å². The zero-order valence-electron chi connectivity index (χ0n) is 15.1. The van der Waals surface area contributed by atoms with Crippen molar-refractivity contribution >= 4 is 48.6 Å². The molecule has 0 unspecified atom stereocenters. The molecule has 0 spiro atoms. The maximum Gasteiger partial charge on any atom is 0.295 e. The minimum Gasteiger partial charge on any atom is -0.384 e. The number of nitrogens with two attached hydrogens (primary N) is 1. The number of anilines is 1. The first-order valence-electron chi connectivity index (χ1n) is 8.23. The predicted molar refractivity (Wildman–Crippen MR) is 105 cm³/mol. The van der Waals surface area contributed by atoms with Crippen LogP contribution >= 0.6 is 0 Å². The van der Waals surface area contributed by atoms with Gasteiger partial charge in [0.2, 0.25) is 0 Å². The fourth-order valence-electron chi connectivity index (χ4n) is 3.33. The largest absolute Gasteiger partial charge is 0.384 e. The van der Waals surface area contributed by atoms with Gasteiger partial charge >= 0.3 is 0 Å². The molecule has 1 aromatic heterocycles. The summed E-state index contributed by atoms with van der Waals surface area (Å²) in [7, 11) is -9.76. The summed E-state index contributed by atoms with van der Waals surface area (Å²) in [6.07, 6.45) is 0. The van der Waals surface area contributed by atoms with Crippen LogP contribution in [0, 0.1) is 0 Å². The Morgan fingerprint density at radius 2 is 1.55 bits per heavy atom. The van der Waals surface area contributed by atoms with Crippen molar-refractivity contribution in [2.75, 3.05) is 5.73 Å². The molecule has 0 atom stereocenters. The van der Waals surface area contributed by atoms with Gasteiger partial charge in [0.1, 0.15) is 10.7 Å². The molecular formula is C17H11N3O9S2. The third-order valence-electron chi connectivity index (χ3n) is 4.66. The summed E-state index contributed by atoms with van der Waals surface area (Å²) in [5.74, 6) is -1.99. The molecule has 3 aromatic rings. The third-order valence-corrected chi connectivity index (χ3v) is 6.39. The summed E-state index contributed by atoms with van der Waals surface area (Å²) >= 11 is 0. The zero-order chi connectivity index (χ0) is 22.9. The van der Waals surface area contributed by atoms with E-state index >= 15 is 0 Å². The number of nitrogens with one attached hydrogen (secondary N) is 1. The molecule has 0 aliphatic carbocycles. The maximum atomic E-state index is 12.6. The fourth-order valence-corrected chi connectivity index (χ4v) is 4.68. The number of rotatable bonds is 3. The Hall–Kier alpha value is -3.59. The van der Waals surface area contributed by atoms with Gasteiger partial charge in [-0.25, -0.2) is 0 Å². The number of benzene rings is 2. The van der Waals surface area contributed by atoms with Crippen LogP contribution in [0.5, 0.6) is 0 Å². The van der Waals surface area contributed by atoms with Crippen molar-refractivity contribution in [2.24, 2.45) is 0 Å². The maximum absolute atomic E-state index is 12.6. The van der Waals surface area contributed by atoms with Crippen LogP contribution in [0.2, 0.25) is 0 Å². The van der Waals surface area contributed by atoms with Gasteiger partial charge in [0.05, 0.1) is 21.7 Å². The van der Waals surface area contributed by atoms with Gasteiger partial charge in [0.25, 0.3) is 37.6 Å². The molecule has 31 heavy (non-hydrogen) atoms.